The monoisotopic (exact) mass is 1080 g/mol. The van der Waals surface area contributed by atoms with Crippen LogP contribution in [0.4, 0.5) is 0 Å². The molecule has 0 aromatic heterocycles. The highest BCUT2D eigenvalue weighted by Crippen LogP contribution is 2.49. The lowest BCUT2D eigenvalue weighted by Crippen LogP contribution is -2.67. The Labute approximate surface area is 445 Å². The second-order valence-electron chi connectivity index (χ2n) is 25.5. The summed E-state index contributed by atoms with van der Waals surface area (Å²) in [6.45, 7) is 43.5. The van der Waals surface area contributed by atoms with Crippen LogP contribution in [-0.2, 0) is 50.9 Å². The fraction of sp³-hybridized carbons (Fsp3) is 0.912. The minimum atomic E-state index is -2.27. The summed E-state index contributed by atoms with van der Waals surface area (Å²) in [6, 6.07) is 6.23. The van der Waals surface area contributed by atoms with Gasteiger partial charge in [-0.05, 0) is 97.9 Å². The normalized spacial score (nSPS) is 32.8. The van der Waals surface area contributed by atoms with Gasteiger partial charge in [0.1, 0.15) is 18.0 Å². The quantitative estimate of drug-likeness (QED) is 0.0469. The zero-order valence-corrected chi connectivity index (χ0v) is 54.0. The molecule has 0 radical (unpaired) electrons. The number of methoxy groups -OCH3 is 2. The number of ketones is 1. The number of hydrogen-bond acceptors (Lipinski definition) is 11. The summed E-state index contributed by atoms with van der Waals surface area (Å²) in [5, 5.41) is 0.0721. The highest BCUT2D eigenvalue weighted by Gasteiger charge is 2.59. The van der Waals surface area contributed by atoms with Crippen LogP contribution < -0.4 is 0 Å². The molecule has 3 fully saturated rings. The van der Waals surface area contributed by atoms with Gasteiger partial charge in [-0.1, -0.05) is 116 Å². The molecular formula is C57H110O11Si4. The Hall–Kier alpha value is -0.542. The third-order valence-corrected chi connectivity index (χ3v) is 37.3. The van der Waals surface area contributed by atoms with E-state index in [0.29, 0.717) is 38.5 Å². The van der Waals surface area contributed by atoms with Crippen LogP contribution in [0.5, 0.6) is 0 Å². The number of unbranched alkanes of at least 4 members (excludes halogenated alkanes) is 1. The number of carbonyl (C=O) groups is 1. The zero-order chi connectivity index (χ0) is 54.1. The minimum Gasteiger partial charge on any atom is -0.495 e. The topological polar surface area (TPSA) is 109 Å². The van der Waals surface area contributed by atoms with Gasteiger partial charge in [0.25, 0.3) is 0 Å². The van der Waals surface area contributed by atoms with Crippen molar-refractivity contribution < 1.29 is 50.9 Å². The molecule has 0 N–H and O–H groups in total. The third-order valence-electron chi connectivity index (χ3n) is 19.0. The predicted molar refractivity (Wildman–Crippen MR) is 304 cm³/mol. The molecule has 0 aliphatic carbocycles. The summed E-state index contributed by atoms with van der Waals surface area (Å²) in [5.41, 5.74) is 0. The molecule has 72 heavy (non-hydrogen) atoms. The van der Waals surface area contributed by atoms with Crippen molar-refractivity contribution in [1.29, 1.82) is 0 Å². The maximum absolute atomic E-state index is 12.7. The standard InChI is InChI=1S/C57H110O11Si4/c1-22-44(58)36-46-38-47(59-16)39-56(63-46)40-48(65-69(18,19)54(10,11)12)37-45(62-56)32-30-29-31-33-49-42(8)51(66-70(20,21)55(13,14)15)41-57(60-17,64-49)53(68-72(26-5,27-6)28-7)52-43(9)50(34-35-61-52)67-71(23-2,24-3)25-4/h30,32,34-35,42-43,45-53H,22-29,31,33,36-41H2,1-21H3/b32-30-/t42-,43+,45-,46+,47-,48-,49+,50-,51-,52+,53-,56-,57+/m0/s1. The molecule has 1 spiro atoms. The summed E-state index contributed by atoms with van der Waals surface area (Å²) in [7, 11) is -5.03. The van der Waals surface area contributed by atoms with Crippen LogP contribution in [0.15, 0.2) is 24.5 Å². The molecule has 4 aliphatic heterocycles. The van der Waals surface area contributed by atoms with E-state index in [9.17, 15) is 4.79 Å². The van der Waals surface area contributed by atoms with E-state index in [0.717, 1.165) is 61.9 Å². The molecule has 0 saturated carbocycles. The average Bonchev–Trinajstić information content (AvgIpc) is 3.31. The number of carbonyl (C=O) groups excluding carboxylic acids is 1. The van der Waals surface area contributed by atoms with Crippen molar-refractivity contribution >= 4 is 39.1 Å². The highest BCUT2D eigenvalue weighted by atomic mass is 28.4. The van der Waals surface area contributed by atoms with Crippen molar-refractivity contribution in [2.75, 3.05) is 14.2 Å². The van der Waals surface area contributed by atoms with Gasteiger partial charge in [0.2, 0.25) is 0 Å². The highest BCUT2D eigenvalue weighted by molar-refractivity contribution is 6.75. The Balaban J connectivity index is 1.69. The lowest BCUT2D eigenvalue weighted by Gasteiger charge is -2.55. The lowest BCUT2D eigenvalue weighted by molar-refractivity contribution is -0.344. The average molecular weight is 1080 g/mol. The van der Waals surface area contributed by atoms with E-state index < -0.39 is 50.9 Å². The first-order chi connectivity index (χ1) is 33.5. The van der Waals surface area contributed by atoms with Crippen molar-refractivity contribution in [3.63, 3.8) is 0 Å². The van der Waals surface area contributed by atoms with Crippen molar-refractivity contribution in [3.05, 3.63) is 24.5 Å². The van der Waals surface area contributed by atoms with Gasteiger partial charge in [-0.25, -0.2) is 0 Å². The summed E-state index contributed by atoms with van der Waals surface area (Å²) < 4.78 is 70.9. The van der Waals surface area contributed by atoms with Gasteiger partial charge in [-0.15, -0.1) is 0 Å². The van der Waals surface area contributed by atoms with Gasteiger partial charge in [0, 0.05) is 71.0 Å². The summed E-state index contributed by atoms with van der Waals surface area (Å²) >= 11 is 0. The van der Waals surface area contributed by atoms with Crippen LogP contribution in [-0.4, -0.2) is 120 Å². The van der Waals surface area contributed by atoms with Crippen LogP contribution >= 0.6 is 0 Å². The van der Waals surface area contributed by atoms with Crippen LogP contribution in [0.25, 0.3) is 0 Å². The van der Waals surface area contributed by atoms with E-state index in [1.807, 2.05) is 20.3 Å². The number of Topliss-reactive ketones (excluding diaryl/α,β-unsaturated/α-hetero) is 1. The van der Waals surface area contributed by atoms with Crippen LogP contribution in [0.3, 0.4) is 0 Å². The van der Waals surface area contributed by atoms with Crippen LogP contribution in [0.2, 0.25) is 72.5 Å². The van der Waals surface area contributed by atoms with Crippen molar-refractivity contribution in [2.24, 2.45) is 11.8 Å². The van der Waals surface area contributed by atoms with Crippen molar-refractivity contribution in [2.45, 2.75) is 307 Å². The second kappa shape index (κ2) is 26.4. The molecule has 0 unspecified atom stereocenters. The Morgan fingerprint density at radius 1 is 0.736 bits per heavy atom. The summed E-state index contributed by atoms with van der Waals surface area (Å²) in [4.78, 5) is 12.7. The second-order valence-corrected chi connectivity index (χ2v) is 44.5. The maximum Gasteiger partial charge on any atom is 0.199 e. The predicted octanol–water partition coefficient (Wildman–Crippen LogP) is 15.0. The van der Waals surface area contributed by atoms with Gasteiger partial charge < -0.3 is 46.1 Å². The van der Waals surface area contributed by atoms with Gasteiger partial charge in [0.05, 0.1) is 49.0 Å². The first-order valence-corrected chi connectivity index (χ1v) is 39.8. The van der Waals surface area contributed by atoms with E-state index in [4.69, 9.17) is 46.1 Å². The van der Waals surface area contributed by atoms with Gasteiger partial charge in [-0.3, -0.25) is 4.79 Å². The molecule has 0 aromatic rings. The maximum atomic E-state index is 12.7. The first-order valence-electron chi connectivity index (χ1n) is 28.9. The SMILES string of the molecule is CCC(=O)C[C@@H]1C[C@H](OC)C[C@@]2(C[C@@H](O[Si](C)(C)C(C)(C)C)C[C@H](/C=C\CCC[C@H]3O[C@@](OC)([C@@H](O[Si](CC)(CC)CC)[C@@H]4OC=C[C@H](O[Si](CC)(CC)CC)[C@H]4C)C[C@H](O[Si](C)(C)C(C)(C)C)[C@H]3C)O2)O1. The van der Waals surface area contributed by atoms with Crippen LogP contribution in [0, 0.1) is 11.8 Å². The van der Waals surface area contributed by atoms with Gasteiger partial charge in [0.15, 0.2) is 44.8 Å². The molecule has 420 valence electrons. The lowest BCUT2D eigenvalue weighted by atomic mass is 9.81. The molecule has 3 saturated heterocycles. The largest absolute Gasteiger partial charge is 0.495 e. The fourth-order valence-corrected chi connectivity index (χ4v) is 19.8. The molecule has 0 aromatic carbocycles. The summed E-state index contributed by atoms with van der Waals surface area (Å²) in [5.74, 6) is -1.70. The number of hydrogen-bond donors (Lipinski definition) is 0. The number of ether oxygens (including phenoxy) is 6. The van der Waals surface area contributed by atoms with Gasteiger partial charge >= 0.3 is 0 Å². The molecule has 4 aliphatic rings. The Morgan fingerprint density at radius 2 is 1.32 bits per heavy atom. The molecule has 0 amide bonds. The number of rotatable bonds is 26. The van der Waals surface area contributed by atoms with Crippen LogP contribution in [0.1, 0.15) is 168 Å². The molecule has 4 heterocycles. The van der Waals surface area contributed by atoms with E-state index in [1.54, 1.807) is 7.11 Å². The first kappa shape index (κ1) is 64.0. The van der Waals surface area contributed by atoms with Gasteiger partial charge in [-0.2, -0.15) is 0 Å². The third kappa shape index (κ3) is 15.6. The van der Waals surface area contributed by atoms with E-state index in [1.165, 1.54) is 0 Å². The Kier molecular flexibility index (Phi) is 23.5. The molecular weight excluding hydrogens is 973 g/mol. The Bertz CT molecular complexity index is 1710. The molecule has 0 bridgehead atoms. The minimum absolute atomic E-state index is 0.00393. The molecule has 4 rings (SSSR count). The Morgan fingerprint density at radius 3 is 1.86 bits per heavy atom. The summed E-state index contributed by atoms with van der Waals surface area (Å²) in [6.07, 6.45) is 13.4. The van der Waals surface area contributed by atoms with Crippen molar-refractivity contribution in [1.82, 2.24) is 0 Å². The van der Waals surface area contributed by atoms with Crippen molar-refractivity contribution in [3.8, 4) is 0 Å². The van der Waals surface area contributed by atoms with E-state index in [-0.39, 0.29) is 76.5 Å². The van der Waals surface area contributed by atoms with E-state index in [2.05, 4.69) is 141 Å². The fourth-order valence-electron chi connectivity index (χ4n) is 11.3. The zero-order valence-electron chi connectivity index (χ0n) is 50.0. The van der Waals surface area contributed by atoms with E-state index >= 15 is 0 Å². The molecule has 13 atom stereocenters. The molecule has 11 nitrogen and oxygen atoms in total. The smallest absolute Gasteiger partial charge is 0.199 e. The number of allylic oxidation sites excluding steroid dienone is 1. The molecule has 15 heteroatoms.